The average molecular weight is 325 g/mol. The number of benzene rings is 1. The average Bonchev–Trinajstić information content (AvgIpc) is 2.36. The van der Waals surface area contributed by atoms with Crippen molar-refractivity contribution in [3.05, 3.63) is 66.9 Å². The molecular weight excluding hydrogens is 316 g/mol. The van der Waals surface area contributed by atoms with Crippen LogP contribution in [0.25, 0.3) is 0 Å². The number of carboxylic acids is 1. The lowest BCUT2D eigenvalue weighted by atomic mass is 10.1. The van der Waals surface area contributed by atoms with Crippen molar-refractivity contribution in [3.8, 4) is 0 Å². The summed E-state index contributed by atoms with van der Waals surface area (Å²) in [4.78, 5) is 35.8. The number of aromatic amines is 1. The fourth-order valence-electron chi connectivity index (χ4n) is 1.60. The van der Waals surface area contributed by atoms with E-state index in [1.54, 1.807) is 12.1 Å². The second-order valence-electron chi connectivity index (χ2n) is 3.87. The molecule has 0 aliphatic rings. The predicted molar refractivity (Wildman–Crippen MR) is 71.5 cm³/mol. The van der Waals surface area contributed by atoms with Crippen LogP contribution in [0, 0.1) is 0 Å². The van der Waals surface area contributed by atoms with Crippen molar-refractivity contribution in [2.45, 2.75) is 6.54 Å². The number of rotatable bonds is 3. The Morgan fingerprint density at radius 3 is 2.79 bits per heavy atom. The molecule has 0 aliphatic carbocycles. The normalized spacial score (nSPS) is 10.4. The van der Waals surface area contributed by atoms with Crippen molar-refractivity contribution in [2.24, 2.45) is 0 Å². The smallest absolute Gasteiger partial charge is 0.335 e. The van der Waals surface area contributed by atoms with E-state index in [0.29, 0.717) is 5.56 Å². The quantitative estimate of drug-likeness (QED) is 0.882. The van der Waals surface area contributed by atoms with Crippen molar-refractivity contribution in [2.75, 3.05) is 0 Å². The second kappa shape index (κ2) is 5.23. The summed E-state index contributed by atoms with van der Waals surface area (Å²) in [5.74, 6) is -1.03. The summed E-state index contributed by atoms with van der Waals surface area (Å²) in [5, 5.41) is 8.89. The Balaban J connectivity index is 2.39. The van der Waals surface area contributed by atoms with Gasteiger partial charge in [0.15, 0.2) is 0 Å². The van der Waals surface area contributed by atoms with Gasteiger partial charge in [-0.05, 0) is 33.6 Å². The van der Waals surface area contributed by atoms with E-state index in [9.17, 15) is 14.4 Å². The van der Waals surface area contributed by atoms with Crippen LogP contribution in [0.2, 0.25) is 0 Å². The number of nitrogens with zero attached hydrogens (tertiary/aromatic N) is 1. The Bertz CT molecular complexity index is 748. The third-order valence-corrected chi connectivity index (χ3v) is 3.06. The summed E-state index contributed by atoms with van der Waals surface area (Å²) in [7, 11) is 0. The molecule has 0 fully saturated rings. The third-order valence-electron chi connectivity index (χ3n) is 2.49. The standard InChI is InChI=1S/C12H9BrN2O4/c13-9-6-15(12(19)14-10(9)16)5-7-2-1-3-8(4-7)11(17)18/h1-4,6H,5H2,(H,17,18)(H,14,16,19). The summed E-state index contributed by atoms with van der Waals surface area (Å²) >= 11 is 3.03. The molecule has 1 heterocycles. The summed E-state index contributed by atoms with van der Waals surface area (Å²) in [5.41, 5.74) is -0.246. The predicted octanol–water partition coefficient (Wildman–Crippen LogP) is 1.05. The monoisotopic (exact) mass is 324 g/mol. The van der Waals surface area contributed by atoms with Crippen LogP contribution in [-0.4, -0.2) is 20.6 Å². The number of halogens is 1. The number of hydrogen-bond donors (Lipinski definition) is 2. The maximum Gasteiger partial charge on any atom is 0.335 e. The zero-order valence-corrected chi connectivity index (χ0v) is 11.2. The zero-order valence-electron chi connectivity index (χ0n) is 9.59. The number of aromatic nitrogens is 2. The Labute approximate surface area is 115 Å². The van der Waals surface area contributed by atoms with Crippen LogP contribution in [0.4, 0.5) is 0 Å². The minimum absolute atomic E-state index is 0.147. The number of hydrogen-bond acceptors (Lipinski definition) is 3. The molecule has 19 heavy (non-hydrogen) atoms. The maximum atomic E-state index is 11.6. The molecule has 1 aromatic carbocycles. The molecule has 0 bridgehead atoms. The van der Waals surface area contributed by atoms with Gasteiger partial charge in [-0.3, -0.25) is 14.3 Å². The largest absolute Gasteiger partial charge is 0.478 e. The number of H-pyrrole nitrogens is 1. The Kier molecular flexibility index (Phi) is 3.66. The van der Waals surface area contributed by atoms with Crippen molar-refractivity contribution < 1.29 is 9.90 Å². The van der Waals surface area contributed by atoms with Gasteiger partial charge in [-0.15, -0.1) is 0 Å². The highest BCUT2D eigenvalue weighted by Gasteiger charge is 2.06. The minimum Gasteiger partial charge on any atom is -0.478 e. The fraction of sp³-hybridized carbons (Fsp3) is 0.0833. The van der Waals surface area contributed by atoms with Crippen LogP contribution < -0.4 is 11.2 Å². The van der Waals surface area contributed by atoms with Gasteiger partial charge in [0.05, 0.1) is 16.6 Å². The molecule has 0 radical (unpaired) electrons. The first-order valence-corrected chi connectivity index (χ1v) is 6.08. The highest BCUT2D eigenvalue weighted by molar-refractivity contribution is 9.10. The van der Waals surface area contributed by atoms with E-state index in [1.165, 1.54) is 22.9 Å². The molecule has 0 amide bonds. The first kappa shape index (κ1) is 13.3. The molecule has 2 N–H and O–H groups in total. The van der Waals surface area contributed by atoms with Crippen LogP contribution in [0.15, 0.2) is 44.5 Å². The first-order valence-electron chi connectivity index (χ1n) is 5.29. The molecule has 0 spiro atoms. The van der Waals surface area contributed by atoms with Crippen molar-refractivity contribution in [1.29, 1.82) is 0 Å². The van der Waals surface area contributed by atoms with Gasteiger partial charge in [0, 0.05) is 6.20 Å². The number of aromatic carboxylic acids is 1. The highest BCUT2D eigenvalue weighted by atomic mass is 79.9. The van der Waals surface area contributed by atoms with Crippen molar-refractivity contribution >= 4 is 21.9 Å². The van der Waals surface area contributed by atoms with Crippen LogP contribution in [0.1, 0.15) is 15.9 Å². The van der Waals surface area contributed by atoms with Gasteiger partial charge in [0.2, 0.25) is 0 Å². The van der Waals surface area contributed by atoms with E-state index in [4.69, 9.17) is 5.11 Å². The van der Waals surface area contributed by atoms with Gasteiger partial charge in [-0.25, -0.2) is 9.59 Å². The van der Waals surface area contributed by atoms with Gasteiger partial charge < -0.3 is 5.11 Å². The molecule has 2 rings (SSSR count). The van der Waals surface area contributed by atoms with E-state index in [2.05, 4.69) is 20.9 Å². The topological polar surface area (TPSA) is 92.2 Å². The molecule has 1 aromatic heterocycles. The summed E-state index contributed by atoms with van der Waals surface area (Å²) in [6.07, 6.45) is 1.37. The minimum atomic E-state index is -1.03. The van der Waals surface area contributed by atoms with Crippen LogP contribution in [-0.2, 0) is 6.54 Å². The molecule has 0 aliphatic heterocycles. The summed E-state index contributed by atoms with van der Waals surface area (Å²) < 4.78 is 1.52. The Morgan fingerprint density at radius 2 is 2.11 bits per heavy atom. The Morgan fingerprint density at radius 1 is 1.37 bits per heavy atom. The maximum absolute atomic E-state index is 11.6. The SMILES string of the molecule is O=C(O)c1cccc(Cn2cc(Br)c(=O)[nH]c2=O)c1. The molecule has 6 nitrogen and oxygen atoms in total. The molecular formula is C12H9BrN2O4. The number of carbonyl (C=O) groups is 1. The molecule has 0 atom stereocenters. The molecule has 7 heteroatoms. The van der Waals surface area contributed by atoms with Gasteiger partial charge in [0.25, 0.3) is 5.56 Å². The first-order chi connectivity index (χ1) is 8.97. The van der Waals surface area contributed by atoms with Crippen molar-refractivity contribution in [1.82, 2.24) is 9.55 Å². The Hall–Kier alpha value is -2.15. The molecule has 0 saturated heterocycles. The number of carboxylic acid groups (broad SMARTS) is 1. The fourth-order valence-corrected chi connectivity index (χ4v) is 1.95. The van der Waals surface area contributed by atoms with E-state index >= 15 is 0 Å². The lowest BCUT2D eigenvalue weighted by Gasteiger charge is -2.06. The van der Waals surface area contributed by atoms with Crippen LogP contribution in [0.5, 0.6) is 0 Å². The zero-order chi connectivity index (χ0) is 14.0. The lowest BCUT2D eigenvalue weighted by Crippen LogP contribution is -2.30. The third kappa shape index (κ3) is 3.00. The molecule has 2 aromatic rings. The molecule has 0 saturated carbocycles. The van der Waals surface area contributed by atoms with Gasteiger partial charge in [-0.2, -0.15) is 0 Å². The highest BCUT2D eigenvalue weighted by Crippen LogP contribution is 2.07. The second-order valence-corrected chi connectivity index (χ2v) is 4.72. The van der Waals surface area contributed by atoms with Gasteiger partial charge in [-0.1, -0.05) is 12.1 Å². The molecule has 0 unspecified atom stereocenters. The van der Waals surface area contributed by atoms with Crippen LogP contribution in [0.3, 0.4) is 0 Å². The van der Waals surface area contributed by atoms with E-state index in [-0.39, 0.29) is 16.6 Å². The van der Waals surface area contributed by atoms with Gasteiger partial charge >= 0.3 is 11.7 Å². The van der Waals surface area contributed by atoms with E-state index < -0.39 is 17.2 Å². The van der Waals surface area contributed by atoms with E-state index in [1.807, 2.05) is 0 Å². The lowest BCUT2D eigenvalue weighted by molar-refractivity contribution is 0.0696. The van der Waals surface area contributed by atoms with E-state index in [0.717, 1.165) is 0 Å². The molecule has 98 valence electrons. The van der Waals surface area contributed by atoms with Crippen LogP contribution >= 0.6 is 15.9 Å². The van der Waals surface area contributed by atoms with Crippen molar-refractivity contribution in [3.63, 3.8) is 0 Å². The number of nitrogens with one attached hydrogen (secondary N) is 1. The van der Waals surface area contributed by atoms with Gasteiger partial charge in [0.1, 0.15) is 0 Å². The summed E-state index contributed by atoms with van der Waals surface area (Å²) in [6, 6.07) is 6.26. The summed E-state index contributed by atoms with van der Waals surface area (Å²) in [6.45, 7) is 0.176.